The Labute approximate surface area is 149 Å². The van der Waals surface area contributed by atoms with Crippen LogP contribution in [-0.2, 0) is 9.53 Å². The second-order valence-electron chi connectivity index (χ2n) is 5.55. The molecule has 24 heavy (non-hydrogen) atoms. The van der Waals surface area contributed by atoms with Gasteiger partial charge in [-0.15, -0.1) is 0 Å². The Morgan fingerprint density at radius 1 is 1.12 bits per heavy atom. The number of rotatable bonds is 5. The summed E-state index contributed by atoms with van der Waals surface area (Å²) >= 11 is 3.38. The Morgan fingerprint density at radius 2 is 1.79 bits per heavy atom. The fourth-order valence-electron chi connectivity index (χ4n) is 2.02. The zero-order chi connectivity index (χ0) is 17.7. The van der Waals surface area contributed by atoms with Crippen LogP contribution in [0.5, 0.6) is 0 Å². The summed E-state index contributed by atoms with van der Waals surface area (Å²) < 4.78 is 5.83. The van der Waals surface area contributed by atoms with E-state index in [9.17, 15) is 9.59 Å². The summed E-state index contributed by atoms with van der Waals surface area (Å²) in [6.45, 7) is 1.62. The van der Waals surface area contributed by atoms with Gasteiger partial charge in [0.25, 0.3) is 5.91 Å². The molecule has 2 rings (SSSR count). The zero-order valence-electron chi connectivity index (χ0n) is 13.8. The van der Waals surface area contributed by atoms with Crippen molar-refractivity contribution in [1.29, 1.82) is 0 Å². The maximum atomic E-state index is 12.0. The first-order chi connectivity index (χ1) is 11.4. The first-order valence-corrected chi connectivity index (χ1v) is 8.16. The minimum Gasteiger partial charge on any atom is -0.452 e. The van der Waals surface area contributed by atoms with Crippen molar-refractivity contribution < 1.29 is 14.3 Å². The number of benzene rings is 2. The number of hydrogen-bond donors (Lipinski definition) is 1. The molecule has 2 aromatic carbocycles. The Bertz CT molecular complexity index is 742. The van der Waals surface area contributed by atoms with Crippen molar-refractivity contribution in [3.8, 4) is 0 Å². The predicted molar refractivity (Wildman–Crippen MR) is 98.6 cm³/mol. The van der Waals surface area contributed by atoms with E-state index in [1.165, 1.54) is 0 Å². The average molecular weight is 391 g/mol. The molecule has 0 unspecified atom stereocenters. The Morgan fingerprint density at radius 3 is 2.38 bits per heavy atom. The second kappa shape index (κ2) is 7.97. The second-order valence-corrected chi connectivity index (χ2v) is 6.40. The van der Waals surface area contributed by atoms with Crippen LogP contribution in [0.3, 0.4) is 0 Å². The van der Waals surface area contributed by atoms with Gasteiger partial charge < -0.3 is 15.0 Å². The molecule has 0 spiro atoms. The van der Waals surface area contributed by atoms with Crippen LogP contribution in [0.4, 0.5) is 11.4 Å². The van der Waals surface area contributed by atoms with Gasteiger partial charge in [0.1, 0.15) is 0 Å². The zero-order valence-corrected chi connectivity index (χ0v) is 15.4. The predicted octanol–water partition coefficient (Wildman–Crippen LogP) is 3.62. The fraction of sp³-hybridized carbons (Fsp3) is 0.222. The van der Waals surface area contributed by atoms with Gasteiger partial charge in [0, 0.05) is 24.3 Å². The summed E-state index contributed by atoms with van der Waals surface area (Å²) in [4.78, 5) is 25.8. The third kappa shape index (κ3) is 4.83. The SMILES string of the molecule is Cc1ccc(NC(=O)COC(=O)c2ccc(N(C)C)cc2)c(Br)c1. The standard InChI is InChI=1S/C18H19BrN2O3/c1-12-4-9-16(15(19)10-12)20-17(22)11-24-18(23)13-5-7-14(8-6-13)21(2)3/h4-10H,11H2,1-3H3,(H,20,22). The molecule has 0 aliphatic carbocycles. The van der Waals surface area contributed by atoms with Crippen molar-refractivity contribution in [2.75, 3.05) is 30.9 Å². The van der Waals surface area contributed by atoms with Gasteiger partial charge in [-0.25, -0.2) is 4.79 Å². The van der Waals surface area contributed by atoms with E-state index in [4.69, 9.17) is 4.74 Å². The van der Waals surface area contributed by atoms with Gasteiger partial charge in [0.05, 0.1) is 11.3 Å². The first-order valence-electron chi connectivity index (χ1n) is 7.37. The summed E-state index contributed by atoms with van der Waals surface area (Å²) in [5, 5.41) is 2.70. The largest absolute Gasteiger partial charge is 0.452 e. The smallest absolute Gasteiger partial charge is 0.338 e. The molecule has 0 aromatic heterocycles. The number of hydrogen-bond acceptors (Lipinski definition) is 4. The van der Waals surface area contributed by atoms with E-state index in [2.05, 4.69) is 21.2 Å². The Hall–Kier alpha value is -2.34. The van der Waals surface area contributed by atoms with Crippen molar-refractivity contribution in [1.82, 2.24) is 0 Å². The van der Waals surface area contributed by atoms with Crippen molar-refractivity contribution >= 4 is 39.2 Å². The van der Waals surface area contributed by atoms with Crippen LogP contribution in [0.2, 0.25) is 0 Å². The highest BCUT2D eigenvalue weighted by Crippen LogP contribution is 2.23. The van der Waals surface area contributed by atoms with E-state index in [-0.39, 0.29) is 6.61 Å². The van der Waals surface area contributed by atoms with Crippen LogP contribution >= 0.6 is 15.9 Å². The number of carbonyl (C=O) groups excluding carboxylic acids is 2. The molecular formula is C18H19BrN2O3. The monoisotopic (exact) mass is 390 g/mol. The number of carbonyl (C=O) groups is 2. The van der Waals surface area contributed by atoms with Crippen LogP contribution in [0.25, 0.3) is 0 Å². The molecule has 0 aliphatic heterocycles. The molecule has 1 amide bonds. The molecule has 5 nitrogen and oxygen atoms in total. The summed E-state index contributed by atoms with van der Waals surface area (Å²) in [7, 11) is 3.84. The van der Waals surface area contributed by atoms with Gasteiger partial charge in [-0.2, -0.15) is 0 Å². The maximum absolute atomic E-state index is 12.0. The van der Waals surface area contributed by atoms with Crippen LogP contribution in [0, 0.1) is 6.92 Å². The molecular weight excluding hydrogens is 372 g/mol. The highest BCUT2D eigenvalue weighted by Gasteiger charge is 2.11. The molecule has 0 saturated heterocycles. The number of nitrogens with one attached hydrogen (secondary N) is 1. The lowest BCUT2D eigenvalue weighted by Crippen LogP contribution is -2.21. The van der Waals surface area contributed by atoms with Gasteiger partial charge in [-0.1, -0.05) is 6.07 Å². The van der Waals surface area contributed by atoms with Crippen LogP contribution in [0.15, 0.2) is 46.9 Å². The third-order valence-corrected chi connectivity index (χ3v) is 4.01. The number of anilines is 2. The molecule has 2 aromatic rings. The summed E-state index contributed by atoms with van der Waals surface area (Å²) in [5.74, 6) is -0.920. The van der Waals surface area contributed by atoms with Gasteiger partial charge in [-0.05, 0) is 64.8 Å². The van der Waals surface area contributed by atoms with Crippen molar-refractivity contribution in [2.45, 2.75) is 6.92 Å². The van der Waals surface area contributed by atoms with Crippen molar-refractivity contribution in [3.63, 3.8) is 0 Å². The molecule has 6 heteroatoms. The quantitative estimate of drug-likeness (QED) is 0.792. The number of nitrogens with zero attached hydrogens (tertiary/aromatic N) is 1. The van der Waals surface area contributed by atoms with Crippen molar-refractivity contribution in [3.05, 3.63) is 58.1 Å². The summed E-state index contributed by atoms with van der Waals surface area (Å²) in [6.07, 6.45) is 0. The highest BCUT2D eigenvalue weighted by molar-refractivity contribution is 9.10. The summed E-state index contributed by atoms with van der Waals surface area (Å²) in [6, 6.07) is 12.6. The van der Waals surface area contributed by atoms with Gasteiger partial charge in [0.15, 0.2) is 6.61 Å². The molecule has 126 valence electrons. The van der Waals surface area contributed by atoms with Crippen LogP contribution in [0.1, 0.15) is 15.9 Å². The minimum absolute atomic E-state index is 0.339. The molecule has 0 aliphatic rings. The Balaban J connectivity index is 1.90. The molecule has 0 radical (unpaired) electrons. The number of halogens is 1. The number of ether oxygens (including phenoxy) is 1. The normalized spacial score (nSPS) is 10.2. The first kappa shape index (κ1) is 18.0. The van der Waals surface area contributed by atoms with Gasteiger partial charge >= 0.3 is 5.97 Å². The molecule has 0 heterocycles. The topological polar surface area (TPSA) is 58.6 Å². The lowest BCUT2D eigenvalue weighted by atomic mass is 10.2. The van der Waals surface area contributed by atoms with E-state index in [0.29, 0.717) is 11.3 Å². The third-order valence-electron chi connectivity index (χ3n) is 3.35. The van der Waals surface area contributed by atoms with Crippen LogP contribution in [-0.4, -0.2) is 32.6 Å². The van der Waals surface area contributed by atoms with E-state index in [1.54, 1.807) is 18.2 Å². The van der Waals surface area contributed by atoms with E-state index in [0.717, 1.165) is 15.7 Å². The van der Waals surface area contributed by atoms with Crippen molar-refractivity contribution in [2.24, 2.45) is 0 Å². The molecule has 1 N–H and O–H groups in total. The van der Waals surface area contributed by atoms with E-state index >= 15 is 0 Å². The fourth-order valence-corrected chi connectivity index (χ4v) is 2.61. The minimum atomic E-state index is -0.529. The van der Waals surface area contributed by atoms with E-state index < -0.39 is 11.9 Å². The van der Waals surface area contributed by atoms with Crippen LogP contribution < -0.4 is 10.2 Å². The maximum Gasteiger partial charge on any atom is 0.338 e. The average Bonchev–Trinajstić information content (AvgIpc) is 2.55. The number of esters is 1. The van der Waals surface area contributed by atoms with Gasteiger partial charge in [-0.3, -0.25) is 4.79 Å². The number of aryl methyl sites for hydroxylation is 1. The van der Waals surface area contributed by atoms with E-state index in [1.807, 2.05) is 50.2 Å². The molecule has 0 fully saturated rings. The lowest BCUT2D eigenvalue weighted by molar-refractivity contribution is -0.119. The number of amides is 1. The Kier molecular flexibility index (Phi) is 5.98. The molecule has 0 saturated carbocycles. The van der Waals surface area contributed by atoms with Gasteiger partial charge in [0.2, 0.25) is 0 Å². The molecule has 0 atom stereocenters. The lowest BCUT2D eigenvalue weighted by Gasteiger charge is -2.12. The summed E-state index contributed by atoms with van der Waals surface area (Å²) in [5.41, 5.74) is 3.10. The molecule has 0 bridgehead atoms. The highest BCUT2D eigenvalue weighted by atomic mass is 79.9.